The average Bonchev–Trinajstić information content (AvgIpc) is 2.85. The minimum Gasteiger partial charge on any atom is -0.392 e. The van der Waals surface area contributed by atoms with Gasteiger partial charge in [-0.3, -0.25) is 9.69 Å². The van der Waals surface area contributed by atoms with E-state index in [1.165, 1.54) is 0 Å². The molecule has 0 bridgehead atoms. The highest BCUT2D eigenvalue weighted by atomic mass is 16.5. The first-order valence-electron chi connectivity index (χ1n) is 7.60. The predicted molar refractivity (Wildman–Crippen MR) is 76.5 cm³/mol. The molecule has 0 spiro atoms. The number of amides is 1. The third-order valence-corrected chi connectivity index (χ3v) is 3.95. The highest BCUT2D eigenvalue weighted by molar-refractivity contribution is 5.82. The van der Waals surface area contributed by atoms with Crippen molar-refractivity contribution in [2.75, 3.05) is 45.9 Å². The molecule has 1 amide bonds. The molecule has 2 saturated heterocycles. The van der Waals surface area contributed by atoms with E-state index in [1.54, 1.807) is 0 Å². The van der Waals surface area contributed by atoms with E-state index in [2.05, 4.69) is 10.2 Å². The number of nitrogens with one attached hydrogen (secondary N) is 1. The van der Waals surface area contributed by atoms with Crippen molar-refractivity contribution in [3.05, 3.63) is 0 Å². The van der Waals surface area contributed by atoms with Crippen LogP contribution in [0.2, 0.25) is 0 Å². The molecule has 0 aromatic heterocycles. The van der Waals surface area contributed by atoms with Crippen LogP contribution >= 0.6 is 0 Å². The van der Waals surface area contributed by atoms with E-state index in [1.807, 2.05) is 18.7 Å². The van der Waals surface area contributed by atoms with Gasteiger partial charge in [-0.25, -0.2) is 0 Å². The molecule has 0 radical (unpaired) electrons. The molecular formula is C14H27N3O3. The molecule has 0 aromatic carbocycles. The number of aliphatic hydroxyl groups excluding tert-OH is 1. The highest BCUT2D eigenvalue weighted by Gasteiger charge is 2.32. The SMILES string of the molecule is CC(C)OCCN1CCN(C(=O)[C@@H]2C[C@H](O)CN2)CC1. The van der Waals surface area contributed by atoms with Crippen molar-refractivity contribution in [1.29, 1.82) is 0 Å². The van der Waals surface area contributed by atoms with Crippen LogP contribution in [-0.2, 0) is 9.53 Å². The first-order valence-corrected chi connectivity index (χ1v) is 7.60. The van der Waals surface area contributed by atoms with E-state index in [0.29, 0.717) is 13.0 Å². The van der Waals surface area contributed by atoms with Gasteiger partial charge in [0.25, 0.3) is 0 Å². The Kier molecular flexibility index (Phi) is 5.77. The van der Waals surface area contributed by atoms with E-state index >= 15 is 0 Å². The number of aliphatic hydroxyl groups is 1. The molecule has 0 saturated carbocycles. The van der Waals surface area contributed by atoms with Gasteiger partial charge in [0, 0.05) is 39.3 Å². The van der Waals surface area contributed by atoms with E-state index in [4.69, 9.17) is 4.74 Å². The molecule has 2 heterocycles. The number of β-amino-alcohol motifs (C(OH)–C–C–N with tert-alkyl or cyclic N) is 1. The summed E-state index contributed by atoms with van der Waals surface area (Å²) in [5, 5.41) is 12.6. The summed E-state index contributed by atoms with van der Waals surface area (Å²) in [6.45, 7) is 9.65. The number of carbonyl (C=O) groups excluding carboxylic acids is 1. The summed E-state index contributed by atoms with van der Waals surface area (Å²) in [5.74, 6) is 0.139. The number of carbonyl (C=O) groups is 1. The molecule has 6 nitrogen and oxygen atoms in total. The number of piperazine rings is 1. The van der Waals surface area contributed by atoms with Crippen LogP contribution in [0.1, 0.15) is 20.3 Å². The van der Waals surface area contributed by atoms with Gasteiger partial charge >= 0.3 is 0 Å². The summed E-state index contributed by atoms with van der Waals surface area (Å²) >= 11 is 0. The fourth-order valence-corrected chi connectivity index (χ4v) is 2.73. The van der Waals surface area contributed by atoms with Crippen LogP contribution in [0.15, 0.2) is 0 Å². The zero-order valence-electron chi connectivity index (χ0n) is 12.5. The third-order valence-electron chi connectivity index (χ3n) is 3.95. The molecule has 0 aromatic rings. The summed E-state index contributed by atoms with van der Waals surface area (Å²) in [6, 6.07) is -0.194. The van der Waals surface area contributed by atoms with Crippen LogP contribution in [0.25, 0.3) is 0 Å². The molecule has 2 N–H and O–H groups in total. The molecule has 2 rings (SSSR count). The van der Waals surface area contributed by atoms with Gasteiger partial charge < -0.3 is 20.1 Å². The quantitative estimate of drug-likeness (QED) is 0.698. The molecule has 2 aliphatic rings. The lowest BCUT2D eigenvalue weighted by Gasteiger charge is -2.36. The topological polar surface area (TPSA) is 65.0 Å². The van der Waals surface area contributed by atoms with Crippen molar-refractivity contribution in [1.82, 2.24) is 15.1 Å². The molecule has 0 unspecified atom stereocenters. The normalized spacial score (nSPS) is 28.3. The fraction of sp³-hybridized carbons (Fsp3) is 0.929. The van der Waals surface area contributed by atoms with Gasteiger partial charge in [0.1, 0.15) is 0 Å². The van der Waals surface area contributed by atoms with Crippen LogP contribution in [0.3, 0.4) is 0 Å². The second-order valence-corrected chi connectivity index (χ2v) is 5.94. The number of ether oxygens (including phenoxy) is 1. The second kappa shape index (κ2) is 7.36. The Hall–Kier alpha value is -0.690. The van der Waals surface area contributed by atoms with Crippen molar-refractivity contribution in [2.45, 2.75) is 38.5 Å². The number of hydrogen-bond acceptors (Lipinski definition) is 5. The second-order valence-electron chi connectivity index (χ2n) is 5.94. The Bertz CT molecular complexity index is 317. The zero-order valence-corrected chi connectivity index (χ0v) is 12.5. The maximum absolute atomic E-state index is 12.3. The Labute approximate surface area is 121 Å². The number of hydrogen-bond donors (Lipinski definition) is 2. The molecule has 116 valence electrons. The van der Waals surface area contributed by atoms with Crippen LogP contribution in [0.5, 0.6) is 0 Å². The molecular weight excluding hydrogens is 258 g/mol. The lowest BCUT2D eigenvalue weighted by Crippen LogP contribution is -2.53. The van der Waals surface area contributed by atoms with Crippen LogP contribution in [0, 0.1) is 0 Å². The third kappa shape index (κ3) is 4.41. The van der Waals surface area contributed by atoms with Crippen molar-refractivity contribution in [3.63, 3.8) is 0 Å². The molecule has 2 atom stereocenters. The number of nitrogens with zero attached hydrogens (tertiary/aromatic N) is 2. The van der Waals surface area contributed by atoms with Gasteiger partial charge in [0.15, 0.2) is 0 Å². The first-order chi connectivity index (χ1) is 9.56. The monoisotopic (exact) mass is 285 g/mol. The van der Waals surface area contributed by atoms with Crippen molar-refractivity contribution >= 4 is 5.91 Å². The van der Waals surface area contributed by atoms with Crippen molar-refractivity contribution in [2.24, 2.45) is 0 Å². The minimum absolute atomic E-state index is 0.139. The van der Waals surface area contributed by atoms with Gasteiger partial charge in [-0.2, -0.15) is 0 Å². The van der Waals surface area contributed by atoms with Gasteiger partial charge in [-0.1, -0.05) is 0 Å². The minimum atomic E-state index is -0.376. The summed E-state index contributed by atoms with van der Waals surface area (Å²) in [5.41, 5.74) is 0. The smallest absolute Gasteiger partial charge is 0.239 e. The van der Waals surface area contributed by atoms with Crippen LogP contribution in [0.4, 0.5) is 0 Å². The highest BCUT2D eigenvalue weighted by Crippen LogP contribution is 2.11. The van der Waals surface area contributed by atoms with E-state index in [0.717, 1.165) is 39.3 Å². The Balaban J connectivity index is 1.67. The summed E-state index contributed by atoms with van der Waals surface area (Å²) < 4.78 is 5.55. The van der Waals surface area contributed by atoms with E-state index < -0.39 is 0 Å². The fourth-order valence-electron chi connectivity index (χ4n) is 2.73. The van der Waals surface area contributed by atoms with E-state index in [9.17, 15) is 9.90 Å². The maximum Gasteiger partial charge on any atom is 0.239 e. The predicted octanol–water partition coefficient (Wildman–Crippen LogP) is -0.722. The average molecular weight is 285 g/mol. The molecule has 20 heavy (non-hydrogen) atoms. The van der Waals surface area contributed by atoms with Crippen LogP contribution in [-0.4, -0.2) is 84.9 Å². The summed E-state index contributed by atoms with van der Waals surface area (Å²) in [4.78, 5) is 16.5. The van der Waals surface area contributed by atoms with Gasteiger partial charge in [0.05, 0.1) is 24.9 Å². The Morgan fingerprint density at radius 1 is 1.35 bits per heavy atom. The van der Waals surface area contributed by atoms with Gasteiger partial charge in [-0.05, 0) is 20.3 Å². The van der Waals surface area contributed by atoms with Gasteiger partial charge in [-0.15, -0.1) is 0 Å². The molecule has 6 heteroatoms. The molecule has 2 aliphatic heterocycles. The molecule has 0 aliphatic carbocycles. The lowest BCUT2D eigenvalue weighted by molar-refractivity contribution is -0.135. The summed E-state index contributed by atoms with van der Waals surface area (Å²) in [6.07, 6.45) is 0.442. The maximum atomic E-state index is 12.3. The Morgan fingerprint density at radius 2 is 2.05 bits per heavy atom. The standard InChI is InChI=1S/C14H27N3O3/c1-11(2)20-8-7-16-3-5-17(6-4-16)14(19)13-9-12(18)10-15-13/h11-13,15,18H,3-10H2,1-2H3/t12-,13-/m0/s1. The van der Waals surface area contributed by atoms with Crippen molar-refractivity contribution < 1.29 is 14.6 Å². The van der Waals surface area contributed by atoms with Gasteiger partial charge in [0.2, 0.25) is 5.91 Å². The van der Waals surface area contributed by atoms with Crippen molar-refractivity contribution in [3.8, 4) is 0 Å². The number of rotatable bonds is 5. The molecule has 2 fully saturated rings. The van der Waals surface area contributed by atoms with E-state index in [-0.39, 0.29) is 24.2 Å². The largest absolute Gasteiger partial charge is 0.392 e. The van der Waals surface area contributed by atoms with Crippen LogP contribution < -0.4 is 5.32 Å². The Morgan fingerprint density at radius 3 is 2.60 bits per heavy atom. The first kappa shape index (κ1) is 15.7. The lowest BCUT2D eigenvalue weighted by atomic mass is 10.1. The zero-order chi connectivity index (χ0) is 14.5. The summed E-state index contributed by atoms with van der Waals surface area (Å²) in [7, 11) is 0.